The summed E-state index contributed by atoms with van der Waals surface area (Å²) < 4.78 is 10.3. The maximum atomic E-state index is 9.46. The standard InChI is InChI=1S/C6H9BO4/c7-5-3-4(9)6(1-8,11-5)2-10-3/h3-5,8-9H,1-2H2/t3-,4?,5+,6?/m0/s1. The Labute approximate surface area is 65.5 Å². The molecule has 0 aromatic carbocycles. The van der Waals surface area contributed by atoms with Crippen LogP contribution in [0.2, 0.25) is 0 Å². The molecule has 11 heavy (non-hydrogen) atoms. The number of aliphatic hydroxyl groups excluding tert-OH is 2. The van der Waals surface area contributed by atoms with Crippen LogP contribution in [0.5, 0.6) is 0 Å². The first-order valence-electron chi connectivity index (χ1n) is 3.53. The average molecular weight is 156 g/mol. The molecule has 5 heteroatoms. The van der Waals surface area contributed by atoms with E-state index in [1.54, 1.807) is 0 Å². The molecule has 4 atom stereocenters. The summed E-state index contributed by atoms with van der Waals surface area (Å²) >= 11 is 0. The molecule has 2 bridgehead atoms. The Balaban J connectivity index is 2.24. The van der Waals surface area contributed by atoms with Gasteiger partial charge in [-0.25, -0.2) is 0 Å². The van der Waals surface area contributed by atoms with Gasteiger partial charge in [-0.15, -0.1) is 0 Å². The lowest BCUT2D eigenvalue weighted by Gasteiger charge is -2.27. The first-order chi connectivity index (χ1) is 5.19. The fourth-order valence-corrected chi connectivity index (χ4v) is 1.61. The van der Waals surface area contributed by atoms with Gasteiger partial charge in [0.05, 0.1) is 13.2 Å². The van der Waals surface area contributed by atoms with Crippen LogP contribution in [0.4, 0.5) is 0 Å². The SMILES string of the molecule is [B][C@@H]1OC2(CO)CO[C@H]1C2O. The van der Waals surface area contributed by atoms with Crippen molar-refractivity contribution in [2.75, 3.05) is 13.2 Å². The van der Waals surface area contributed by atoms with E-state index in [0.717, 1.165) is 0 Å². The van der Waals surface area contributed by atoms with E-state index in [1.165, 1.54) is 0 Å². The Morgan fingerprint density at radius 3 is 2.64 bits per heavy atom. The molecule has 2 unspecified atom stereocenters. The quantitative estimate of drug-likeness (QED) is 0.431. The molecule has 0 amide bonds. The average Bonchev–Trinajstić information content (AvgIpc) is 2.42. The summed E-state index contributed by atoms with van der Waals surface area (Å²) in [6, 6.07) is -0.606. The van der Waals surface area contributed by atoms with Crippen LogP contribution >= 0.6 is 0 Å². The third kappa shape index (κ3) is 0.795. The van der Waals surface area contributed by atoms with E-state index in [0.29, 0.717) is 0 Å². The monoisotopic (exact) mass is 156 g/mol. The second-order valence-electron chi connectivity index (χ2n) is 3.03. The maximum Gasteiger partial charge on any atom is 0.142 e. The third-order valence-corrected chi connectivity index (χ3v) is 2.33. The number of aliphatic hydroxyl groups is 2. The molecular formula is C6H9BO4. The van der Waals surface area contributed by atoms with Crippen molar-refractivity contribution in [2.45, 2.75) is 23.8 Å². The molecule has 0 saturated carbocycles. The summed E-state index contributed by atoms with van der Waals surface area (Å²) in [5.74, 6) is 0. The molecule has 2 saturated heterocycles. The molecule has 0 spiro atoms. The Morgan fingerprint density at radius 1 is 1.64 bits per heavy atom. The minimum atomic E-state index is -0.954. The zero-order valence-electron chi connectivity index (χ0n) is 5.93. The van der Waals surface area contributed by atoms with Gasteiger partial charge in [0.2, 0.25) is 0 Å². The number of hydrogen-bond donors (Lipinski definition) is 2. The summed E-state index contributed by atoms with van der Waals surface area (Å²) in [4.78, 5) is 0. The zero-order valence-corrected chi connectivity index (χ0v) is 5.93. The fourth-order valence-electron chi connectivity index (χ4n) is 1.61. The van der Waals surface area contributed by atoms with E-state index >= 15 is 0 Å². The Hall–Kier alpha value is -0.0951. The molecule has 60 valence electrons. The molecule has 2 aliphatic rings. The van der Waals surface area contributed by atoms with Crippen molar-refractivity contribution in [2.24, 2.45) is 0 Å². The van der Waals surface area contributed by atoms with Crippen LogP contribution in [0.25, 0.3) is 0 Å². The van der Waals surface area contributed by atoms with Gasteiger partial charge in [-0.3, -0.25) is 0 Å². The second-order valence-corrected chi connectivity index (χ2v) is 3.03. The second kappa shape index (κ2) is 2.20. The summed E-state index contributed by atoms with van der Waals surface area (Å²) in [7, 11) is 5.45. The lowest BCUT2D eigenvalue weighted by Crippen LogP contribution is -2.44. The molecular weight excluding hydrogens is 147 g/mol. The highest BCUT2D eigenvalue weighted by molar-refractivity contribution is 6.11. The van der Waals surface area contributed by atoms with Gasteiger partial charge in [-0.2, -0.15) is 0 Å². The maximum absolute atomic E-state index is 9.46. The van der Waals surface area contributed by atoms with Crippen LogP contribution < -0.4 is 0 Å². The van der Waals surface area contributed by atoms with Gasteiger partial charge < -0.3 is 19.7 Å². The largest absolute Gasteiger partial charge is 0.393 e. The van der Waals surface area contributed by atoms with Gasteiger partial charge in [-0.05, 0) is 0 Å². The van der Waals surface area contributed by atoms with Crippen molar-refractivity contribution in [3.63, 3.8) is 0 Å². The van der Waals surface area contributed by atoms with E-state index in [1.807, 2.05) is 0 Å². The highest BCUT2D eigenvalue weighted by Crippen LogP contribution is 2.38. The first kappa shape index (κ1) is 7.55. The highest BCUT2D eigenvalue weighted by atomic mass is 16.6. The van der Waals surface area contributed by atoms with Crippen molar-refractivity contribution in [1.29, 1.82) is 0 Å². The van der Waals surface area contributed by atoms with E-state index in [9.17, 15) is 5.11 Å². The number of rotatable bonds is 1. The molecule has 4 nitrogen and oxygen atoms in total. The molecule has 0 aliphatic carbocycles. The summed E-state index contributed by atoms with van der Waals surface area (Å²) in [6.07, 6.45) is -1.26. The zero-order chi connectivity index (χ0) is 8.06. The molecule has 2 radical (unpaired) electrons. The molecule has 2 heterocycles. The first-order valence-corrected chi connectivity index (χ1v) is 3.53. The Bertz CT molecular complexity index is 176. The molecule has 0 aromatic heterocycles. The molecule has 2 N–H and O–H groups in total. The van der Waals surface area contributed by atoms with Crippen molar-refractivity contribution in [1.82, 2.24) is 0 Å². The minimum Gasteiger partial charge on any atom is -0.393 e. The third-order valence-electron chi connectivity index (χ3n) is 2.33. The van der Waals surface area contributed by atoms with Crippen LogP contribution in [0.3, 0.4) is 0 Å². The lowest BCUT2D eigenvalue weighted by atomic mass is 9.92. The Morgan fingerprint density at radius 2 is 2.36 bits per heavy atom. The van der Waals surface area contributed by atoms with Gasteiger partial charge in [-0.1, -0.05) is 0 Å². The van der Waals surface area contributed by atoms with Crippen molar-refractivity contribution in [3.05, 3.63) is 0 Å². The van der Waals surface area contributed by atoms with Crippen LogP contribution in [0.15, 0.2) is 0 Å². The van der Waals surface area contributed by atoms with Crippen LogP contribution in [-0.2, 0) is 9.47 Å². The van der Waals surface area contributed by atoms with Gasteiger partial charge in [0.15, 0.2) is 0 Å². The lowest BCUT2D eigenvalue weighted by molar-refractivity contribution is -0.136. The predicted octanol–water partition coefficient (Wildman–Crippen LogP) is -2.00. The van der Waals surface area contributed by atoms with Crippen molar-refractivity contribution < 1.29 is 19.7 Å². The highest BCUT2D eigenvalue weighted by Gasteiger charge is 2.58. The van der Waals surface area contributed by atoms with E-state index < -0.39 is 23.8 Å². The normalized spacial score (nSPS) is 55.3. The van der Waals surface area contributed by atoms with Gasteiger partial charge >= 0.3 is 0 Å². The molecule has 2 fully saturated rings. The molecule has 2 aliphatic heterocycles. The Kier molecular flexibility index (Phi) is 1.51. The minimum absolute atomic E-state index is 0.225. The van der Waals surface area contributed by atoms with E-state index in [-0.39, 0.29) is 13.2 Å². The van der Waals surface area contributed by atoms with Crippen LogP contribution in [0.1, 0.15) is 0 Å². The molecule has 0 aromatic rings. The molecule has 2 rings (SSSR count). The topological polar surface area (TPSA) is 58.9 Å². The number of fused-ring (bicyclic) bond motifs is 2. The van der Waals surface area contributed by atoms with E-state index in [4.69, 9.17) is 22.4 Å². The van der Waals surface area contributed by atoms with Crippen LogP contribution in [0, 0.1) is 0 Å². The van der Waals surface area contributed by atoms with E-state index in [2.05, 4.69) is 0 Å². The van der Waals surface area contributed by atoms with Gasteiger partial charge in [0.1, 0.15) is 25.7 Å². The summed E-state index contributed by atoms with van der Waals surface area (Å²) in [5.41, 5.74) is -0.954. The number of ether oxygens (including phenoxy) is 2. The van der Waals surface area contributed by atoms with Crippen molar-refractivity contribution >= 4 is 7.85 Å². The smallest absolute Gasteiger partial charge is 0.142 e. The summed E-state index contributed by atoms with van der Waals surface area (Å²) in [5, 5.41) is 18.4. The number of hydrogen-bond acceptors (Lipinski definition) is 4. The summed E-state index contributed by atoms with van der Waals surface area (Å²) in [6.45, 7) is -0.0264. The van der Waals surface area contributed by atoms with Crippen LogP contribution in [-0.4, -0.2) is 55.1 Å². The fraction of sp³-hybridized carbons (Fsp3) is 1.00. The van der Waals surface area contributed by atoms with Gasteiger partial charge in [0, 0.05) is 6.00 Å². The van der Waals surface area contributed by atoms with Crippen molar-refractivity contribution in [3.8, 4) is 0 Å². The van der Waals surface area contributed by atoms with Gasteiger partial charge in [0.25, 0.3) is 0 Å². The predicted molar refractivity (Wildman–Crippen MR) is 36.2 cm³/mol.